The molecule has 7 nitrogen and oxygen atoms in total. The van der Waals surface area contributed by atoms with E-state index in [2.05, 4.69) is 15.7 Å². The third-order valence-corrected chi connectivity index (χ3v) is 8.42. The fourth-order valence-corrected chi connectivity index (χ4v) is 6.44. The van der Waals surface area contributed by atoms with Crippen molar-refractivity contribution in [3.63, 3.8) is 0 Å². The van der Waals surface area contributed by atoms with Crippen molar-refractivity contribution < 1.29 is 24.1 Å². The average Bonchev–Trinajstić information content (AvgIpc) is 3.51. The molecule has 0 radical (unpaired) electrons. The van der Waals surface area contributed by atoms with Gasteiger partial charge in [0.2, 0.25) is 0 Å². The first kappa shape index (κ1) is 25.2. The molecule has 3 heterocycles. The number of rotatable bonds is 9. The number of esters is 1. The fraction of sp³-hybridized carbons (Fsp3) is 0.346. The average molecular weight is 547 g/mol. The number of hydrogen-bond acceptors (Lipinski definition) is 9. The molecule has 2 aromatic carbocycles. The van der Waals surface area contributed by atoms with E-state index in [0.29, 0.717) is 16.6 Å². The van der Waals surface area contributed by atoms with Gasteiger partial charge in [-0.15, -0.1) is 11.3 Å². The number of ether oxygens (including phenoxy) is 3. The quantitative estimate of drug-likeness (QED) is 0.201. The van der Waals surface area contributed by atoms with Crippen LogP contribution in [-0.4, -0.2) is 62.0 Å². The maximum Gasteiger partial charge on any atom is 0.341 e. The summed E-state index contributed by atoms with van der Waals surface area (Å²) in [6.45, 7) is 5.20. The number of thiophene rings is 1. The number of benzene rings is 2. The number of fused-ring (bicyclic) bond motifs is 1. The smallest absolute Gasteiger partial charge is 0.341 e. The van der Waals surface area contributed by atoms with E-state index in [4.69, 9.17) is 25.8 Å². The number of morpholine rings is 1. The van der Waals surface area contributed by atoms with E-state index in [0.717, 1.165) is 73.4 Å². The van der Waals surface area contributed by atoms with Gasteiger partial charge in [-0.1, -0.05) is 17.7 Å². The Bertz CT molecular complexity index is 1230. The van der Waals surface area contributed by atoms with Crippen LogP contribution in [0.5, 0.6) is 11.5 Å². The van der Waals surface area contributed by atoms with Crippen LogP contribution in [0.1, 0.15) is 22.3 Å². The molecule has 0 bridgehead atoms. The standard InChI is InChI=1S/C26H27ClN2O5S2/c27-25-21(17-2-5-23-18(14-17)6-11-33-23)16-24(35-25)36-28-19-3-4-20(22(30)15-19)26(31)34-10-1-7-29-8-12-32-13-9-29/h2-5,14-16,28,30H,1,6-13H2. The highest BCUT2D eigenvalue weighted by Crippen LogP contribution is 2.42. The number of phenolic OH excluding ortho intramolecular Hbond substituents is 1. The molecule has 190 valence electrons. The lowest BCUT2D eigenvalue weighted by molar-refractivity contribution is 0.0297. The van der Waals surface area contributed by atoms with Crippen LogP contribution in [0.2, 0.25) is 4.34 Å². The van der Waals surface area contributed by atoms with Crippen molar-refractivity contribution in [3.05, 3.63) is 57.9 Å². The van der Waals surface area contributed by atoms with Gasteiger partial charge in [-0.2, -0.15) is 0 Å². The van der Waals surface area contributed by atoms with Crippen LogP contribution < -0.4 is 9.46 Å². The Morgan fingerprint density at radius 2 is 2.03 bits per heavy atom. The molecule has 1 fully saturated rings. The van der Waals surface area contributed by atoms with E-state index in [1.54, 1.807) is 12.1 Å². The lowest BCUT2D eigenvalue weighted by Gasteiger charge is -2.26. The Hall–Kier alpha value is -2.43. The predicted molar refractivity (Wildman–Crippen MR) is 144 cm³/mol. The van der Waals surface area contributed by atoms with Gasteiger partial charge in [0.1, 0.15) is 21.4 Å². The molecule has 2 N–H and O–H groups in total. The van der Waals surface area contributed by atoms with Crippen molar-refractivity contribution in [1.82, 2.24) is 4.90 Å². The Morgan fingerprint density at radius 1 is 1.17 bits per heavy atom. The Kier molecular flexibility index (Phi) is 8.23. The highest BCUT2D eigenvalue weighted by molar-refractivity contribution is 8.02. The van der Waals surface area contributed by atoms with Gasteiger partial charge in [0, 0.05) is 43.4 Å². The summed E-state index contributed by atoms with van der Waals surface area (Å²) < 4.78 is 21.2. The van der Waals surface area contributed by atoms with Crippen molar-refractivity contribution >= 4 is 46.5 Å². The highest BCUT2D eigenvalue weighted by atomic mass is 35.5. The van der Waals surface area contributed by atoms with Crippen molar-refractivity contribution in [1.29, 1.82) is 0 Å². The first-order valence-electron chi connectivity index (χ1n) is 11.9. The Labute approximate surface area is 223 Å². The molecule has 0 atom stereocenters. The molecule has 0 saturated carbocycles. The van der Waals surface area contributed by atoms with Crippen LogP contribution in [0.25, 0.3) is 11.1 Å². The van der Waals surface area contributed by atoms with E-state index in [-0.39, 0.29) is 11.3 Å². The summed E-state index contributed by atoms with van der Waals surface area (Å²) in [4.78, 5) is 14.7. The van der Waals surface area contributed by atoms with E-state index in [1.165, 1.54) is 34.9 Å². The first-order valence-corrected chi connectivity index (χ1v) is 13.9. The number of nitrogens with zero attached hydrogens (tertiary/aromatic N) is 1. The molecule has 5 rings (SSSR count). The molecule has 1 aromatic heterocycles. The van der Waals surface area contributed by atoms with E-state index >= 15 is 0 Å². The number of carbonyl (C=O) groups is 1. The second kappa shape index (κ2) is 11.7. The van der Waals surface area contributed by atoms with Gasteiger partial charge in [-0.05, 0) is 59.8 Å². The zero-order chi connectivity index (χ0) is 24.9. The predicted octanol–water partition coefficient (Wildman–Crippen LogP) is 5.71. The number of aromatic hydroxyl groups is 1. The van der Waals surface area contributed by atoms with Crippen molar-refractivity contribution in [2.75, 3.05) is 50.8 Å². The molecule has 2 aliphatic rings. The molecule has 0 aliphatic carbocycles. The Morgan fingerprint density at radius 3 is 2.86 bits per heavy atom. The summed E-state index contributed by atoms with van der Waals surface area (Å²) in [7, 11) is 0. The minimum Gasteiger partial charge on any atom is -0.507 e. The summed E-state index contributed by atoms with van der Waals surface area (Å²) in [5.41, 5.74) is 4.07. The normalized spacial score (nSPS) is 15.4. The van der Waals surface area contributed by atoms with E-state index < -0.39 is 5.97 Å². The highest BCUT2D eigenvalue weighted by Gasteiger charge is 2.17. The number of carbonyl (C=O) groups excluding carboxylic acids is 1. The molecule has 0 unspecified atom stereocenters. The van der Waals surface area contributed by atoms with Gasteiger partial charge in [0.25, 0.3) is 0 Å². The zero-order valence-corrected chi connectivity index (χ0v) is 22.0. The third-order valence-electron chi connectivity index (χ3n) is 6.11. The third kappa shape index (κ3) is 6.10. The molecular weight excluding hydrogens is 520 g/mol. The van der Waals surface area contributed by atoms with Crippen LogP contribution >= 0.6 is 34.9 Å². The number of anilines is 1. The van der Waals surface area contributed by atoms with Gasteiger partial charge in [-0.3, -0.25) is 4.90 Å². The lowest BCUT2D eigenvalue weighted by atomic mass is 10.0. The van der Waals surface area contributed by atoms with Gasteiger partial charge in [0.15, 0.2) is 0 Å². The molecule has 10 heteroatoms. The monoisotopic (exact) mass is 546 g/mol. The second-order valence-electron chi connectivity index (χ2n) is 8.55. The molecule has 2 aliphatic heterocycles. The van der Waals surface area contributed by atoms with Crippen LogP contribution in [-0.2, 0) is 15.9 Å². The molecule has 36 heavy (non-hydrogen) atoms. The molecule has 0 amide bonds. The second-order valence-corrected chi connectivity index (χ2v) is 11.3. The summed E-state index contributed by atoms with van der Waals surface area (Å²) in [5, 5.41) is 10.4. The van der Waals surface area contributed by atoms with Gasteiger partial charge in [-0.25, -0.2) is 4.79 Å². The Balaban J connectivity index is 1.13. The number of phenols is 1. The minimum absolute atomic E-state index is 0.121. The number of halogens is 1. The molecule has 1 saturated heterocycles. The zero-order valence-electron chi connectivity index (χ0n) is 19.6. The van der Waals surface area contributed by atoms with Crippen molar-refractivity contribution in [3.8, 4) is 22.6 Å². The number of hydrogen-bond donors (Lipinski definition) is 2. The van der Waals surface area contributed by atoms with Gasteiger partial charge >= 0.3 is 5.97 Å². The van der Waals surface area contributed by atoms with Crippen molar-refractivity contribution in [2.45, 2.75) is 17.1 Å². The molecular formula is C26H27ClN2O5S2. The first-order chi connectivity index (χ1) is 17.6. The van der Waals surface area contributed by atoms with Crippen LogP contribution in [0.3, 0.4) is 0 Å². The summed E-state index contributed by atoms with van der Waals surface area (Å²) in [6, 6.07) is 13.0. The van der Waals surface area contributed by atoms with Crippen LogP contribution in [0.15, 0.2) is 46.7 Å². The topological polar surface area (TPSA) is 80.3 Å². The lowest BCUT2D eigenvalue weighted by Crippen LogP contribution is -2.37. The molecule has 0 spiro atoms. The van der Waals surface area contributed by atoms with Crippen LogP contribution in [0, 0.1) is 0 Å². The minimum atomic E-state index is -0.525. The van der Waals surface area contributed by atoms with E-state index in [9.17, 15) is 9.90 Å². The van der Waals surface area contributed by atoms with Crippen molar-refractivity contribution in [2.24, 2.45) is 0 Å². The van der Waals surface area contributed by atoms with Crippen LogP contribution in [0.4, 0.5) is 5.69 Å². The maximum atomic E-state index is 12.4. The summed E-state index contributed by atoms with van der Waals surface area (Å²) in [5.74, 6) is 0.300. The maximum absolute atomic E-state index is 12.4. The molecule has 3 aromatic rings. The SMILES string of the molecule is O=C(OCCCN1CCOCC1)c1ccc(NSc2cc(-c3ccc4c(c3)CCO4)c(Cl)s2)cc1O. The van der Waals surface area contributed by atoms with E-state index in [1.807, 2.05) is 18.2 Å². The largest absolute Gasteiger partial charge is 0.507 e. The summed E-state index contributed by atoms with van der Waals surface area (Å²) >= 11 is 9.42. The number of nitrogens with one attached hydrogen (secondary N) is 1. The van der Waals surface area contributed by atoms with Gasteiger partial charge in [0.05, 0.1) is 30.6 Å². The summed E-state index contributed by atoms with van der Waals surface area (Å²) in [6.07, 6.45) is 1.66. The van der Waals surface area contributed by atoms with Gasteiger partial charge < -0.3 is 24.0 Å². The fourth-order valence-electron chi connectivity index (χ4n) is 4.18.